The molecule has 3 heterocycles. The quantitative estimate of drug-likeness (QED) is 0.0280. The van der Waals surface area contributed by atoms with Crippen LogP contribution >= 0.6 is 0 Å². The Bertz CT molecular complexity index is 1470. The summed E-state index contributed by atoms with van der Waals surface area (Å²) in [7, 11) is 0. The molecule has 3 aliphatic rings. The van der Waals surface area contributed by atoms with Crippen LogP contribution in [0.25, 0.3) is 0 Å². The molecule has 3 aliphatic heterocycles. The van der Waals surface area contributed by atoms with Crippen LogP contribution in [0.15, 0.2) is 0 Å². The molecule has 19 heteroatoms. The first-order chi connectivity index (χ1) is 38.8. The fourth-order valence-corrected chi connectivity index (χ4v) is 11.4. The molecule has 0 aliphatic carbocycles. The molecule has 0 radical (unpaired) electrons. The molecule has 80 heavy (non-hydrogen) atoms. The van der Waals surface area contributed by atoms with Crippen molar-refractivity contribution in [3.63, 3.8) is 0 Å². The van der Waals surface area contributed by atoms with Gasteiger partial charge in [0.25, 0.3) is 0 Å². The molecular weight excluding hydrogens is 1030 g/mol. The smallest absolute Gasteiger partial charge is 0.220 e. The van der Waals surface area contributed by atoms with E-state index in [0.29, 0.717) is 12.8 Å². The third-order valence-corrected chi connectivity index (χ3v) is 16.7. The maximum Gasteiger partial charge on any atom is 0.220 e. The molecule has 17 atom stereocenters. The van der Waals surface area contributed by atoms with Crippen molar-refractivity contribution >= 4 is 5.91 Å². The minimum absolute atomic E-state index is 0.255. The van der Waals surface area contributed by atoms with Crippen molar-refractivity contribution in [2.24, 2.45) is 0 Å². The molecule has 17 unspecified atom stereocenters. The Balaban J connectivity index is 1.27. The first kappa shape index (κ1) is 73.0. The second-order valence-electron chi connectivity index (χ2n) is 23.6. The van der Waals surface area contributed by atoms with Crippen LogP contribution in [0, 0.1) is 0 Å². The second-order valence-corrected chi connectivity index (χ2v) is 23.6. The van der Waals surface area contributed by atoms with Crippen LogP contribution < -0.4 is 5.32 Å². The Morgan fingerprint density at radius 2 is 0.713 bits per heavy atom. The van der Waals surface area contributed by atoms with Gasteiger partial charge in [-0.1, -0.05) is 232 Å². The summed E-state index contributed by atoms with van der Waals surface area (Å²) < 4.78 is 34.1. The molecule has 19 nitrogen and oxygen atoms in total. The Morgan fingerprint density at radius 3 is 1.09 bits per heavy atom. The highest BCUT2D eigenvalue weighted by Gasteiger charge is 2.53. The lowest BCUT2D eigenvalue weighted by atomic mass is 9.96. The monoisotopic (exact) mass is 1150 g/mol. The predicted octanol–water partition coefficient (Wildman–Crippen LogP) is 6.77. The predicted molar refractivity (Wildman–Crippen MR) is 305 cm³/mol. The van der Waals surface area contributed by atoms with Gasteiger partial charge in [-0.3, -0.25) is 4.79 Å². The van der Waals surface area contributed by atoms with Crippen molar-refractivity contribution in [2.45, 2.75) is 356 Å². The highest BCUT2D eigenvalue weighted by Crippen LogP contribution is 2.33. The lowest BCUT2D eigenvalue weighted by Crippen LogP contribution is -2.66. The SMILES string of the molecule is CCCCCCCCCCCCCCCCCCCCCCCCCCCCCCCCCCC(O)C(COC1OC(CO)C(OC2OC(CO)C(OC3OC(CO)C(O)C(O)C3O)C(O)C2O)C(O)C1O)NC(=O)CCCCC. The van der Waals surface area contributed by atoms with Gasteiger partial charge < -0.3 is 89.9 Å². The number of carbonyl (C=O) groups excluding carboxylic acids is 1. The van der Waals surface area contributed by atoms with Gasteiger partial charge in [0.2, 0.25) is 5.91 Å². The summed E-state index contributed by atoms with van der Waals surface area (Å²) >= 11 is 0. The number of amides is 1. The lowest BCUT2D eigenvalue weighted by molar-refractivity contribution is -0.379. The van der Waals surface area contributed by atoms with Crippen LogP contribution in [0.1, 0.15) is 251 Å². The van der Waals surface area contributed by atoms with Gasteiger partial charge in [-0.05, 0) is 12.8 Å². The van der Waals surface area contributed by atoms with Gasteiger partial charge in [-0.25, -0.2) is 0 Å². The Labute approximate surface area is 481 Å². The molecule has 0 bridgehead atoms. The Hall–Kier alpha value is -1.21. The number of rotatable bonds is 49. The molecule has 0 aromatic carbocycles. The van der Waals surface area contributed by atoms with Gasteiger partial charge in [-0.15, -0.1) is 0 Å². The van der Waals surface area contributed by atoms with Crippen molar-refractivity contribution < 1.29 is 89.4 Å². The van der Waals surface area contributed by atoms with Crippen LogP contribution in [0.2, 0.25) is 0 Å². The van der Waals surface area contributed by atoms with Crippen molar-refractivity contribution in [3.8, 4) is 0 Å². The molecule has 3 saturated heterocycles. The van der Waals surface area contributed by atoms with Gasteiger partial charge in [0.05, 0.1) is 38.6 Å². The average Bonchev–Trinajstić information content (AvgIpc) is 3.47. The van der Waals surface area contributed by atoms with E-state index in [-0.39, 0.29) is 18.9 Å². The number of unbranched alkanes of at least 4 members (excludes halogenated alkanes) is 33. The maximum absolute atomic E-state index is 13.0. The van der Waals surface area contributed by atoms with Crippen LogP contribution in [0.4, 0.5) is 0 Å². The van der Waals surface area contributed by atoms with E-state index >= 15 is 0 Å². The van der Waals surface area contributed by atoms with Gasteiger partial charge in [0, 0.05) is 6.42 Å². The normalized spacial score (nSPS) is 29.9. The van der Waals surface area contributed by atoms with E-state index in [0.717, 1.165) is 38.5 Å². The zero-order valence-electron chi connectivity index (χ0n) is 49.6. The maximum atomic E-state index is 13.0. The van der Waals surface area contributed by atoms with E-state index in [4.69, 9.17) is 28.4 Å². The molecule has 0 aromatic heterocycles. The third-order valence-electron chi connectivity index (χ3n) is 16.7. The second kappa shape index (κ2) is 45.2. The first-order valence-corrected chi connectivity index (χ1v) is 32.3. The molecule has 1 amide bonds. The van der Waals surface area contributed by atoms with E-state index in [1.807, 2.05) is 6.92 Å². The largest absolute Gasteiger partial charge is 0.394 e. The van der Waals surface area contributed by atoms with Crippen LogP contribution in [0.5, 0.6) is 0 Å². The zero-order chi connectivity index (χ0) is 58.3. The van der Waals surface area contributed by atoms with Gasteiger partial charge in [0.15, 0.2) is 18.9 Å². The average molecular weight is 1150 g/mol. The first-order valence-electron chi connectivity index (χ1n) is 32.3. The molecule has 12 N–H and O–H groups in total. The minimum Gasteiger partial charge on any atom is -0.394 e. The molecular formula is C61H117NO18. The van der Waals surface area contributed by atoms with Crippen LogP contribution in [0.3, 0.4) is 0 Å². The molecule has 0 saturated carbocycles. The fraction of sp³-hybridized carbons (Fsp3) is 0.984. The standard InChI is InChI=1S/C61H117NO18/c1-3-5-7-8-9-10-11-12-13-14-15-16-17-18-19-20-21-22-23-24-25-26-27-28-29-30-31-32-33-34-35-37-38-45(66)44(62-49(67)39-36-6-4-2)43-75-59-55(73)52(70)57(47(41-64)77-59)80-61-56(74)53(71)58(48(42-65)78-61)79-60-54(72)51(69)50(68)46(40-63)76-60/h44-48,50-61,63-66,68-74H,3-43H2,1-2H3,(H,62,67). The third kappa shape index (κ3) is 28.3. The fourth-order valence-electron chi connectivity index (χ4n) is 11.4. The number of hydrogen-bond donors (Lipinski definition) is 12. The van der Waals surface area contributed by atoms with E-state index < -0.39 is 124 Å². The molecule has 0 spiro atoms. The van der Waals surface area contributed by atoms with E-state index in [1.165, 1.54) is 180 Å². The Morgan fingerprint density at radius 1 is 0.400 bits per heavy atom. The van der Waals surface area contributed by atoms with Gasteiger partial charge in [0.1, 0.15) is 73.2 Å². The number of aliphatic hydroxyl groups excluding tert-OH is 11. The summed E-state index contributed by atoms with van der Waals surface area (Å²) in [5.74, 6) is -0.265. The van der Waals surface area contributed by atoms with Crippen LogP contribution in [-0.4, -0.2) is 193 Å². The van der Waals surface area contributed by atoms with E-state index in [1.54, 1.807) is 0 Å². The van der Waals surface area contributed by atoms with Crippen molar-refractivity contribution in [1.82, 2.24) is 5.32 Å². The number of ether oxygens (including phenoxy) is 6. The zero-order valence-corrected chi connectivity index (χ0v) is 49.6. The summed E-state index contributed by atoms with van der Waals surface area (Å²) in [6.07, 6.45) is 19.2. The highest BCUT2D eigenvalue weighted by atomic mass is 16.8. The number of aliphatic hydroxyl groups is 11. The Kier molecular flexibility index (Phi) is 41.2. The summed E-state index contributed by atoms with van der Waals surface area (Å²) in [6, 6.07) is -0.877. The van der Waals surface area contributed by atoms with Crippen LogP contribution in [-0.2, 0) is 33.2 Å². The van der Waals surface area contributed by atoms with Crippen molar-refractivity contribution in [3.05, 3.63) is 0 Å². The number of nitrogens with one attached hydrogen (secondary N) is 1. The molecule has 3 rings (SSSR count). The minimum atomic E-state index is -1.97. The molecule has 474 valence electrons. The van der Waals surface area contributed by atoms with Crippen molar-refractivity contribution in [1.29, 1.82) is 0 Å². The van der Waals surface area contributed by atoms with Crippen molar-refractivity contribution in [2.75, 3.05) is 26.4 Å². The van der Waals surface area contributed by atoms with Gasteiger partial charge in [-0.2, -0.15) is 0 Å². The number of carbonyl (C=O) groups is 1. The summed E-state index contributed by atoms with van der Waals surface area (Å²) in [5, 5.41) is 120. The van der Waals surface area contributed by atoms with E-state index in [9.17, 15) is 61.0 Å². The van der Waals surface area contributed by atoms with Gasteiger partial charge >= 0.3 is 0 Å². The summed E-state index contributed by atoms with van der Waals surface area (Å²) in [4.78, 5) is 13.0. The summed E-state index contributed by atoms with van der Waals surface area (Å²) in [6.45, 7) is 1.62. The molecule has 3 fully saturated rings. The number of hydrogen-bond acceptors (Lipinski definition) is 18. The summed E-state index contributed by atoms with van der Waals surface area (Å²) in [5.41, 5.74) is 0. The topological polar surface area (TPSA) is 307 Å². The highest BCUT2D eigenvalue weighted by molar-refractivity contribution is 5.76. The molecule has 0 aromatic rings. The van der Waals surface area contributed by atoms with E-state index in [2.05, 4.69) is 12.2 Å². The lowest BCUT2D eigenvalue weighted by Gasteiger charge is -2.48.